The number of thiazole rings is 1. The number of hydrogen-bond acceptors (Lipinski definition) is 8. The van der Waals surface area contributed by atoms with Crippen LogP contribution in [0.5, 0.6) is 0 Å². The Hall–Kier alpha value is -4.19. The zero-order valence-corrected chi connectivity index (χ0v) is 26.3. The third-order valence-electron chi connectivity index (χ3n) is 8.34. The van der Waals surface area contributed by atoms with Gasteiger partial charge in [0.25, 0.3) is 5.56 Å². The van der Waals surface area contributed by atoms with Gasteiger partial charge in [-0.15, -0.1) is 11.3 Å². The second-order valence-electron chi connectivity index (χ2n) is 11.0. The molecule has 0 radical (unpaired) electrons. The van der Waals surface area contributed by atoms with Crippen molar-refractivity contribution in [1.29, 1.82) is 0 Å². The molecule has 44 heavy (non-hydrogen) atoms. The molecule has 1 saturated heterocycles. The summed E-state index contributed by atoms with van der Waals surface area (Å²) in [4.78, 5) is 40.8. The number of hydrogen-bond donors (Lipinski definition) is 0. The lowest BCUT2D eigenvalue weighted by atomic mass is 9.96. The number of aryl methyl sites for hydroxylation is 2. The molecule has 1 aliphatic heterocycles. The molecule has 9 nitrogen and oxygen atoms in total. The SMILES string of the molecule is Cn1c(=O)c2c(nc(N3CCN(C(c4ccccc4)c4ccccc4)CC3)n2CCSc2nc3ccccc3s2)n(C)c1=O. The zero-order valence-electron chi connectivity index (χ0n) is 24.7. The Morgan fingerprint density at radius 1 is 0.795 bits per heavy atom. The summed E-state index contributed by atoms with van der Waals surface area (Å²) in [5, 5.41) is 0. The van der Waals surface area contributed by atoms with Gasteiger partial charge in [-0.05, 0) is 23.3 Å². The Morgan fingerprint density at radius 3 is 2.09 bits per heavy atom. The molecule has 1 fully saturated rings. The monoisotopic (exact) mass is 623 g/mol. The van der Waals surface area contributed by atoms with Crippen molar-refractivity contribution in [2.75, 3.05) is 36.8 Å². The van der Waals surface area contributed by atoms with Gasteiger partial charge < -0.3 is 9.47 Å². The van der Waals surface area contributed by atoms with E-state index >= 15 is 0 Å². The summed E-state index contributed by atoms with van der Waals surface area (Å²) in [5.41, 5.74) is 3.73. The number of benzene rings is 3. The fraction of sp³-hybridized carbons (Fsp3) is 0.273. The van der Waals surface area contributed by atoms with E-state index in [1.54, 1.807) is 30.1 Å². The molecule has 0 amide bonds. The molecule has 7 rings (SSSR count). The summed E-state index contributed by atoms with van der Waals surface area (Å²) < 4.78 is 6.83. The number of anilines is 1. The van der Waals surface area contributed by atoms with Crippen molar-refractivity contribution in [3.8, 4) is 0 Å². The molecule has 0 saturated carbocycles. The van der Waals surface area contributed by atoms with Gasteiger partial charge in [0.15, 0.2) is 15.5 Å². The molecule has 0 bridgehead atoms. The molecule has 0 spiro atoms. The maximum Gasteiger partial charge on any atom is 0.332 e. The van der Waals surface area contributed by atoms with Gasteiger partial charge in [0, 0.05) is 52.6 Å². The van der Waals surface area contributed by atoms with E-state index < -0.39 is 0 Å². The van der Waals surface area contributed by atoms with Gasteiger partial charge in [0.1, 0.15) is 0 Å². The first-order chi connectivity index (χ1) is 21.5. The molecule has 224 valence electrons. The normalized spacial score (nSPS) is 14.3. The van der Waals surface area contributed by atoms with Gasteiger partial charge in [0.2, 0.25) is 5.95 Å². The Balaban J connectivity index is 1.18. The minimum Gasteiger partial charge on any atom is -0.340 e. The van der Waals surface area contributed by atoms with E-state index in [2.05, 4.69) is 76.5 Å². The van der Waals surface area contributed by atoms with Crippen LogP contribution in [-0.2, 0) is 20.6 Å². The third-order valence-corrected chi connectivity index (χ3v) is 10.5. The van der Waals surface area contributed by atoms with Crippen molar-refractivity contribution in [3.63, 3.8) is 0 Å². The number of rotatable bonds is 8. The van der Waals surface area contributed by atoms with Crippen LogP contribution in [0.4, 0.5) is 5.95 Å². The van der Waals surface area contributed by atoms with Crippen LogP contribution in [0, 0.1) is 0 Å². The fourth-order valence-corrected chi connectivity index (χ4v) is 8.15. The van der Waals surface area contributed by atoms with Crippen LogP contribution in [0.1, 0.15) is 17.2 Å². The van der Waals surface area contributed by atoms with Crippen molar-refractivity contribution in [2.45, 2.75) is 16.9 Å². The first kappa shape index (κ1) is 28.6. The maximum absolute atomic E-state index is 13.5. The first-order valence-corrected chi connectivity index (χ1v) is 16.5. The van der Waals surface area contributed by atoms with Gasteiger partial charge in [-0.25, -0.2) is 9.78 Å². The van der Waals surface area contributed by atoms with Crippen molar-refractivity contribution < 1.29 is 0 Å². The minimum atomic E-state index is -0.374. The molecule has 3 aromatic carbocycles. The maximum atomic E-state index is 13.5. The summed E-state index contributed by atoms with van der Waals surface area (Å²) in [6, 6.07) is 29.6. The molecule has 0 N–H and O–H groups in total. The molecule has 0 unspecified atom stereocenters. The zero-order chi connectivity index (χ0) is 30.2. The van der Waals surface area contributed by atoms with Crippen LogP contribution in [0.2, 0.25) is 0 Å². The Morgan fingerprint density at radius 2 is 1.43 bits per heavy atom. The molecule has 4 heterocycles. The number of nitrogens with zero attached hydrogens (tertiary/aromatic N) is 7. The number of para-hydroxylation sites is 1. The number of aromatic nitrogens is 5. The van der Waals surface area contributed by atoms with Crippen LogP contribution in [0.25, 0.3) is 21.4 Å². The Bertz CT molecular complexity index is 1970. The number of thioether (sulfide) groups is 1. The van der Waals surface area contributed by atoms with Crippen LogP contribution in [0.15, 0.2) is 98.9 Å². The molecule has 6 aromatic rings. The molecule has 3 aromatic heterocycles. The van der Waals surface area contributed by atoms with E-state index in [4.69, 9.17) is 9.97 Å². The summed E-state index contributed by atoms with van der Waals surface area (Å²) in [6.45, 7) is 3.72. The highest BCUT2D eigenvalue weighted by molar-refractivity contribution is 8.01. The minimum absolute atomic E-state index is 0.150. The summed E-state index contributed by atoms with van der Waals surface area (Å²) in [6.07, 6.45) is 0. The highest BCUT2D eigenvalue weighted by atomic mass is 32.2. The molecular weight excluding hydrogens is 591 g/mol. The molecule has 0 atom stereocenters. The summed E-state index contributed by atoms with van der Waals surface area (Å²) >= 11 is 3.36. The lowest BCUT2D eigenvalue weighted by Crippen LogP contribution is -2.48. The van der Waals surface area contributed by atoms with Gasteiger partial charge >= 0.3 is 5.69 Å². The predicted octanol–water partition coefficient (Wildman–Crippen LogP) is 4.75. The number of piperazine rings is 1. The molecular formula is C33H33N7O2S2. The first-order valence-electron chi connectivity index (χ1n) is 14.7. The smallest absolute Gasteiger partial charge is 0.332 e. The number of imidazole rings is 1. The lowest BCUT2D eigenvalue weighted by Gasteiger charge is -2.40. The lowest BCUT2D eigenvalue weighted by molar-refractivity contribution is 0.211. The second kappa shape index (κ2) is 12.1. The van der Waals surface area contributed by atoms with Gasteiger partial charge in [-0.1, -0.05) is 84.6 Å². The van der Waals surface area contributed by atoms with E-state index in [-0.39, 0.29) is 17.3 Å². The van der Waals surface area contributed by atoms with Crippen LogP contribution in [-0.4, -0.2) is 60.5 Å². The largest absolute Gasteiger partial charge is 0.340 e. The molecule has 11 heteroatoms. The highest BCUT2D eigenvalue weighted by Gasteiger charge is 2.29. The summed E-state index contributed by atoms with van der Waals surface area (Å²) in [7, 11) is 3.21. The van der Waals surface area contributed by atoms with Gasteiger partial charge in [-0.3, -0.25) is 18.8 Å². The van der Waals surface area contributed by atoms with E-state index in [0.29, 0.717) is 23.5 Å². The van der Waals surface area contributed by atoms with Crippen molar-refractivity contribution in [3.05, 3.63) is 117 Å². The van der Waals surface area contributed by atoms with Crippen LogP contribution < -0.4 is 16.1 Å². The molecule has 0 aliphatic carbocycles. The van der Waals surface area contributed by atoms with E-state index in [1.165, 1.54) is 27.3 Å². The molecule has 1 aliphatic rings. The average Bonchev–Trinajstić information content (AvgIpc) is 3.66. The van der Waals surface area contributed by atoms with Gasteiger partial charge in [-0.2, -0.15) is 4.98 Å². The van der Waals surface area contributed by atoms with Crippen molar-refractivity contribution in [1.82, 2.24) is 28.6 Å². The van der Waals surface area contributed by atoms with E-state index in [0.717, 1.165) is 46.7 Å². The van der Waals surface area contributed by atoms with E-state index in [1.807, 2.05) is 22.8 Å². The topological polar surface area (TPSA) is 81.2 Å². The Kier molecular flexibility index (Phi) is 7.84. The van der Waals surface area contributed by atoms with Crippen molar-refractivity contribution in [2.24, 2.45) is 14.1 Å². The standard InChI is InChI=1S/C33H33N7O2S2/c1-36-29-28(30(41)37(2)33(36)42)40(21-22-43-32-34-25-15-9-10-16-26(25)44-32)31(35-29)39-19-17-38(18-20-39)27(23-11-5-3-6-12-23)24-13-7-4-8-14-24/h3-16,27H,17-22H2,1-2H3. The van der Waals surface area contributed by atoms with Crippen LogP contribution in [0.3, 0.4) is 0 Å². The quantitative estimate of drug-likeness (QED) is 0.227. The number of fused-ring (bicyclic) bond motifs is 2. The summed E-state index contributed by atoms with van der Waals surface area (Å²) in [5.74, 6) is 1.45. The van der Waals surface area contributed by atoms with Crippen molar-refractivity contribution >= 4 is 50.4 Å². The second-order valence-corrected chi connectivity index (χ2v) is 13.4. The predicted molar refractivity (Wildman–Crippen MR) is 179 cm³/mol. The highest BCUT2D eigenvalue weighted by Crippen LogP contribution is 2.32. The van der Waals surface area contributed by atoms with Crippen LogP contribution >= 0.6 is 23.1 Å². The Labute approximate surface area is 263 Å². The van der Waals surface area contributed by atoms with Gasteiger partial charge in [0.05, 0.1) is 16.3 Å². The average molecular weight is 624 g/mol. The fourth-order valence-electron chi connectivity index (χ4n) is 6.09. The third kappa shape index (κ3) is 5.25. The van der Waals surface area contributed by atoms with E-state index in [9.17, 15) is 9.59 Å².